The molecule has 0 saturated carbocycles. The summed E-state index contributed by atoms with van der Waals surface area (Å²) in [6.45, 7) is 3.67. The number of hydrogen-bond acceptors (Lipinski definition) is 3. The van der Waals surface area contributed by atoms with Gasteiger partial charge >= 0.3 is 0 Å². The molecule has 1 aromatic heterocycles. The maximum Gasteiger partial charge on any atom is 0.105 e. The van der Waals surface area contributed by atoms with Crippen LogP contribution in [0.25, 0.3) is 0 Å². The Morgan fingerprint density at radius 2 is 2.50 bits per heavy atom. The van der Waals surface area contributed by atoms with Gasteiger partial charge in [0.05, 0.1) is 6.26 Å². The van der Waals surface area contributed by atoms with E-state index >= 15 is 0 Å². The van der Waals surface area contributed by atoms with E-state index in [4.69, 9.17) is 10.2 Å². The number of nitrogens with one attached hydrogen (secondary N) is 1. The minimum absolute atomic E-state index is 0.389. The van der Waals surface area contributed by atoms with Crippen molar-refractivity contribution in [2.45, 2.75) is 19.4 Å². The van der Waals surface area contributed by atoms with Gasteiger partial charge in [0.2, 0.25) is 0 Å². The normalized spacial score (nSPS) is 13.2. The molecule has 0 spiro atoms. The quantitative estimate of drug-likeness (QED) is 0.682. The summed E-state index contributed by atoms with van der Waals surface area (Å²) in [6, 6.07) is 4.27. The Balaban J connectivity index is 2.11. The van der Waals surface area contributed by atoms with Crippen molar-refractivity contribution in [3.05, 3.63) is 24.2 Å². The maximum atomic E-state index is 5.45. The highest BCUT2D eigenvalue weighted by molar-refractivity contribution is 4.98. The third-order valence-electron chi connectivity index (χ3n) is 1.80. The lowest BCUT2D eigenvalue weighted by atomic mass is 10.3. The molecular weight excluding hydrogens is 152 g/mol. The monoisotopic (exact) mass is 168 g/mol. The highest BCUT2D eigenvalue weighted by Crippen LogP contribution is 1.99. The van der Waals surface area contributed by atoms with E-state index in [9.17, 15) is 0 Å². The third kappa shape index (κ3) is 3.07. The first-order valence-corrected chi connectivity index (χ1v) is 4.28. The Hall–Kier alpha value is -0.800. The maximum absolute atomic E-state index is 5.45. The summed E-state index contributed by atoms with van der Waals surface area (Å²) in [5.74, 6) is 1.02. The number of furan rings is 1. The summed E-state index contributed by atoms with van der Waals surface area (Å²) in [5, 5.41) is 3.29. The topological polar surface area (TPSA) is 51.2 Å². The summed E-state index contributed by atoms with van der Waals surface area (Å²) in [4.78, 5) is 0. The fourth-order valence-electron chi connectivity index (χ4n) is 0.980. The Labute approximate surface area is 72.9 Å². The summed E-state index contributed by atoms with van der Waals surface area (Å²) in [6.07, 6.45) is 2.62. The molecule has 0 aliphatic carbocycles. The second-order valence-corrected chi connectivity index (χ2v) is 2.92. The van der Waals surface area contributed by atoms with Gasteiger partial charge in [-0.05, 0) is 19.1 Å². The van der Waals surface area contributed by atoms with E-state index in [0.717, 1.165) is 18.7 Å². The molecule has 1 unspecified atom stereocenters. The van der Waals surface area contributed by atoms with Crippen LogP contribution in [-0.2, 0) is 6.42 Å². The Morgan fingerprint density at radius 1 is 1.67 bits per heavy atom. The SMILES string of the molecule is CC(CN)NCCc1ccco1. The molecule has 0 fully saturated rings. The molecule has 0 aromatic carbocycles. The zero-order chi connectivity index (χ0) is 8.81. The molecule has 0 amide bonds. The summed E-state index contributed by atoms with van der Waals surface area (Å²) < 4.78 is 5.18. The van der Waals surface area contributed by atoms with E-state index < -0.39 is 0 Å². The molecule has 0 bridgehead atoms. The van der Waals surface area contributed by atoms with Crippen LogP contribution in [0.15, 0.2) is 22.8 Å². The van der Waals surface area contributed by atoms with Crippen LogP contribution in [-0.4, -0.2) is 19.1 Å². The third-order valence-corrected chi connectivity index (χ3v) is 1.80. The molecule has 3 heteroatoms. The van der Waals surface area contributed by atoms with Crippen LogP contribution in [0.5, 0.6) is 0 Å². The van der Waals surface area contributed by atoms with Gasteiger partial charge in [-0.2, -0.15) is 0 Å². The van der Waals surface area contributed by atoms with E-state index in [1.807, 2.05) is 12.1 Å². The van der Waals surface area contributed by atoms with Gasteiger partial charge < -0.3 is 15.5 Å². The Kier molecular flexibility index (Phi) is 3.84. The first-order chi connectivity index (χ1) is 5.83. The van der Waals surface area contributed by atoms with Gasteiger partial charge in [0.1, 0.15) is 5.76 Å². The summed E-state index contributed by atoms with van der Waals surface area (Å²) in [7, 11) is 0. The van der Waals surface area contributed by atoms with Crippen molar-refractivity contribution in [3.8, 4) is 0 Å². The van der Waals surface area contributed by atoms with Gasteiger partial charge in [0, 0.05) is 25.6 Å². The van der Waals surface area contributed by atoms with Crippen molar-refractivity contribution in [2.24, 2.45) is 5.73 Å². The van der Waals surface area contributed by atoms with Crippen molar-refractivity contribution < 1.29 is 4.42 Å². The largest absolute Gasteiger partial charge is 0.469 e. The molecule has 1 aromatic rings. The van der Waals surface area contributed by atoms with Crippen LogP contribution >= 0.6 is 0 Å². The lowest BCUT2D eigenvalue weighted by molar-refractivity contribution is 0.483. The smallest absolute Gasteiger partial charge is 0.105 e. The van der Waals surface area contributed by atoms with Crippen LogP contribution in [0.3, 0.4) is 0 Å². The molecule has 68 valence electrons. The van der Waals surface area contributed by atoms with Gasteiger partial charge in [-0.3, -0.25) is 0 Å². The van der Waals surface area contributed by atoms with Crippen LogP contribution in [0.2, 0.25) is 0 Å². The molecule has 0 saturated heterocycles. The summed E-state index contributed by atoms with van der Waals surface area (Å²) >= 11 is 0. The zero-order valence-corrected chi connectivity index (χ0v) is 7.42. The zero-order valence-electron chi connectivity index (χ0n) is 7.42. The molecule has 1 heterocycles. The van der Waals surface area contributed by atoms with E-state index in [1.54, 1.807) is 6.26 Å². The van der Waals surface area contributed by atoms with Gasteiger partial charge in [0.25, 0.3) is 0 Å². The Morgan fingerprint density at radius 3 is 3.08 bits per heavy atom. The van der Waals surface area contributed by atoms with Crippen LogP contribution in [0.1, 0.15) is 12.7 Å². The predicted molar refractivity (Wildman–Crippen MR) is 48.9 cm³/mol. The molecule has 12 heavy (non-hydrogen) atoms. The van der Waals surface area contributed by atoms with Crippen molar-refractivity contribution >= 4 is 0 Å². The second-order valence-electron chi connectivity index (χ2n) is 2.92. The van der Waals surface area contributed by atoms with Gasteiger partial charge in [-0.25, -0.2) is 0 Å². The van der Waals surface area contributed by atoms with Gasteiger partial charge in [-0.15, -0.1) is 0 Å². The average molecular weight is 168 g/mol. The molecule has 0 aliphatic heterocycles. The first kappa shape index (κ1) is 9.29. The summed E-state index contributed by atoms with van der Waals surface area (Å²) in [5.41, 5.74) is 5.45. The van der Waals surface area contributed by atoms with Gasteiger partial charge in [-0.1, -0.05) is 0 Å². The van der Waals surface area contributed by atoms with Crippen molar-refractivity contribution in [2.75, 3.05) is 13.1 Å². The highest BCUT2D eigenvalue weighted by atomic mass is 16.3. The minimum Gasteiger partial charge on any atom is -0.469 e. The van der Waals surface area contributed by atoms with E-state index in [-0.39, 0.29) is 0 Å². The fraction of sp³-hybridized carbons (Fsp3) is 0.556. The fourth-order valence-corrected chi connectivity index (χ4v) is 0.980. The molecule has 3 N–H and O–H groups in total. The first-order valence-electron chi connectivity index (χ1n) is 4.28. The molecule has 1 rings (SSSR count). The van der Waals surface area contributed by atoms with E-state index in [1.165, 1.54) is 0 Å². The number of hydrogen-bond donors (Lipinski definition) is 2. The van der Waals surface area contributed by atoms with Gasteiger partial charge in [0.15, 0.2) is 0 Å². The van der Waals surface area contributed by atoms with Crippen LogP contribution < -0.4 is 11.1 Å². The molecule has 3 nitrogen and oxygen atoms in total. The molecule has 0 radical (unpaired) electrons. The highest BCUT2D eigenvalue weighted by Gasteiger charge is 1.98. The van der Waals surface area contributed by atoms with Crippen molar-refractivity contribution in [3.63, 3.8) is 0 Å². The molecular formula is C9H16N2O. The minimum atomic E-state index is 0.389. The second kappa shape index (κ2) is 4.95. The average Bonchev–Trinajstić information content (AvgIpc) is 2.57. The molecule has 1 atom stereocenters. The Bertz CT molecular complexity index is 196. The van der Waals surface area contributed by atoms with E-state index in [0.29, 0.717) is 12.6 Å². The number of nitrogens with two attached hydrogens (primary N) is 1. The number of rotatable bonds is 5. The molecule has 0 aliphatic rings. The van der Waals surface area contributed by atoms with Crippen molar-refractivity contribution in [1.82, 2.24) is 5.32 Å². The lowest BCUT2D eigenvalue weighted by Gasteiger charge is -2.09. The predicted octanol–water partition coefficient (Wildman–Crippen LogP) is 0.759. The van der Waals surface area contributed by atoms with E-state index in [2.05, 4.69) is 12.2 Å². The van der Waals surface area contributed by atoms with Crippen LogP contribution in [0, 0.1) is 0 Å². The van der Waals surface area contributed by atoms with Crippen molar-refractivity contribution in [1.29, 1.82) is 0 Å². The standard InChI is InChI=1S/C9H16N2O/c1-8(7-10)11-5-4-9-3-2-6-12-9/h2-3,6,8,11H,4-5,7,10H2,1H3. The lowest BCUT2D eigenvalue weighted by Crippen LogP contribution is -2.34. The van der Waals surface area contributed by atoms with Crippen LogP contribution in [0.4, 0.5) is 0 Å².